The van der Waals surface area contributed by atoms with E-state index in [4.69, 9.17) is 4.74 Å². The molecule has 6 aromatic rings. The molecule has 4 heteroatoms. The normalized spacial score (nSPS) is 14.2. The van der Waals surface area contributed by atoms with Crippen molar-refractivity contribution >= 4 is 32.9 Å². The Kier molecular flexibility index (Phi) is 4.61. The van der Waals surface area contributed by atoms with Gasteiger partial charge in [0.05, 0.1) is 5.41 Å². The second kappa shape index (κ2) is 8.03. The van der Waals surface area contributed by atoms with Crippen molar-refractivity contribution in [3.05, 3.63) is 130 Å². The Morgan fingerprint density at radius 2 is 1.12 bits per heavy atom. The molecule has 0 fully saturated rings. The minimum absolute atomic E-state index is 0.268. The third-order valence-corrected chi connectivity index (χ3v) is 8.93. The van der Waals surface area contributed by atoms with Gasteiger partial charge in [-0.15, -0.1) is 0 Å². The Hall–Kier alpha value is -4.96. The van der Waals surface area contributed by atoms with E-state index in [0.717, 1.165) is 77.8 Å². The van der Waals surface area contributed by atoms with Crippen LogP contribution in [0.3, 0.4) is 0 Å². The van der Waals surface area contributed by atoms with Crippen LogP contribution in [-0.2, 0) is 11.8 Å². The maximum absolute atomic E-state index is 10.7. The summed E-state index contributed by atoms with van der Waals surface area (Å²) in [5.41, 5.74) is 7.64. The number of nitrogens with one attached hydrogen (secondary N) is 1. The summed E-state index contributed by atoms with van der Waals surface area (Å²) in [6.45, 7) is 4.01. The Labute approximate surface area is 232 Å². The number of anilines is 2. The van der Waals surface area contributed by atoms with Crippen molar-refractivity contribution in [2.24, 2.45) is 0 Å². The van der Waals surface area contributed by atoms with Crippen molar-refractivity contribution in [1.29, 1.82) is 0 Å². The molecule has 8 rings (SSSR count). The number of phenols is 2. The molecule has 3 N–H and O–H groups in total. The van der Waals surface area contributed by atoms with Gasteiger partial charge in [0.2, 0.25) is 0 Å². The highest BCUT2D eigenvalue weighted by atomic mass is 16.5. The summed E-state index contributed by atoms with van der Waals surface area (Å²) in [5.74, 6) is 2.15. The summed E-state index contributed by atoms with van der Waals surface area (Å²) in [5, 5.41) is 28.8. The minimum Gasteiger partial charge on any atom is -0.508 e. The molecule has 2 heterocycles. The predicted octanol–water partition coefficient (Wildman–Crippen LogP) is 8.82. The summed E-state index contributed by atoms with van der Waals surface area (Å²) >= 11 is 0. The van der Waals surface area contributed by atoms with Gasteiger partial charge < -0.3 is 20.3 Å². The largest absolute Gasteiger partial charge is 0.508 e. The van der Waals surface area contributed by atoms with Gasteiger partial charge in [-0.1, -0.05) is 67.6 Å². The maximum atomic E-state index is 10.7. The Morgan fingerprint density at radius 1 is 0.600 bits per heavy atom. The van der Waals surface area contributed by atoms with Crippen LogP contribution in [0.5, 0.6) is 23.0 Å². The van der Waals surface area contributed by atoms with Crippen molar-refractivity contribution < 1.29 is 14.9 Å². The van der Waals surface area contributed by atoms with Crippen LogP contribution in [0.1, 0.15) is 40.3 Å². The smallest absolute Gasteiger partial charge is 0.140 e. The number of hydrogen-bond acceptors (Lipinski definition) is 4. The third kappa shape index (κ3) is 2.75. The number of phenolic OH excluding ortho intramolecular Hbond substituents is 2. The number of hydrogen-bond donors (Lipinski definition) is 3. The van der Waals surface area contributed by atoms with Gasteiger partial charge in [-0.2, -0.15) is 0 Å². The molecule has 0 unspecified atom stereocenters. The summed E-state index contributed by atoms with van der Waals surface area (Å²) in [4.78, 5) is 0. The standard InChI is InChI=1S/C36H27NO3/c1-3-21-23-13-17-29-35(25(23)15-19-33(21)39)40-34-24-14-18-32(38)20(2)22(24)12-16-28(34)36(29)26-8-4-6-10-30(26)37-31-11-7-5-9-27(31)36/h4-19,37-39H,3H2,1-2H3. The maximum Gasteiger partial charge on any atom is 0.140 e. The highest BCUT2D eigenvalue weighted by molar-refractivity contribution is 6.01. The highest BCUT2D eigenvalue weighted by Crippen LogP contribution is 2.62. The topological polar surface area (TPSA) is 61.7 Å². The molecule has 40 heavy (non-hydrogen) atoms. The molecular weight excluding hydrogens is 494 g/mol. The van der Waals surface area contributed by atoms with Gasteiger partial charge >= 0.3 is 0 Å². The molecule has 0 amide bonds. The zero-order chi connectivity index (χ0) is 27.2. The molecule has 0 radical (unpaired) electrons. The number of benzene rings is 6. The van der Waals surface area contributed by atoms with Gasteiger partial charge in [0, 0.05) is 38.8 Å². The lowest BCUT2D eigenvalue weighted by molar-refractivity contribution is 0.444. The fourth-order valence-corrected chi connectivity index (χ4v) is 7.08. The van der Waals surface area contributed by atoms with E-state index in [1.54, 1.807) is 12.1 Å². The molecule has 1 spiro atoms. The third-order valence-electron chi connectivity index (χ3n) is 8.93. The lowest BCUT2D eigenvalue weighted by Gasteiger charge is -2.46. The molecule has 6 aromatic carbocycles. The van der Waals surface area contributed by atoms with E-state index in [-0.39, 0.29) is 5.75 Å². The first-order chi connectivity index (χ1) is 19.5. The number of para-hydroxylation sites is 2. The SMILES string of the molecule is CCc1c(O)ccc2c3c(ccc12)C1(c2ccccc2Nc2ccccc21)c1ccc2c(C)c(O)ccc2c1O3. The van der Waals surface area contributed by atoms with Gasteiger partial charge in [-0.05, 0) is 77.2 Å². The lowest BCUT2D eigenvalue weighted by atomic mass is 9.61. The minimum atomic E-state index is -0.653. The lowest BCUT2D eigenvalue weighted by Crippen LogP contribution is -2.37. The number of fused-ring (bicyclic) bond motifs is 12. The van der Waals surface area contributed by atoms with Gasteiger partial charge in [0.1, 0.15) is 23.0 Å². The van der Waals surface area contributed by atoms with E-state index < -0.39 is 5.41 Å². The number of aromatic hydroxyl groups is 2. The molecule has 0 saturated carbocycles. The first-order valence-electron chi connectivity index (χ1n) is 13.7. The number of rotatable bonds is 1. The van der Waals surface area contributed by atoms with Crippen LogP contribution < -0.4 is 10.1 Å². The second-order valence-electron chi connectivity index (χ2n) is 10.8. The van der Waals surface area contributed by atoms with E-state index in [9.17, 15) is 10.2 Å². The summed E-state index contributed by atoms with van der Waals surface area (Å²) < 4.78 is 7.01. The van der Waals surface area contributed by atoms with Crippen LogP contribution in [0.4, 0.5) is 11.4 Å². The Morgan fingerprint density at radius 3 is 1.75 bits per heavy atom. The molecule has 0 atom stereocenters. The van der Waals surface area contributed by atoms with Crippen molar-refractivity contribution in [3.63, 3.8) is 0 Å². The Bertz CT molecular complexity index is 2000. The van der Waals surface area contributed by atoms with Crippen LogP contribution in [0.25, 0.3) is 21.5 Å². The van der Waals surface area contributed by atoms with Crippen molar-refractivity contribution in [3.8, 4) is 23.0 Å². The van der Waals surface area contributed by atoms with Gasteiger partial charge in [0.25, 0.3) is 0 Å². The molecule has 194 valence electrons. The average Bonchev–Trinajstić information content (AvgIpc) is 2.98. The van der Waals surface area contributed by atoms with Crippen LogP contribution in [0.2, 0.25) is 0 Å². The fourth-order valence-electron chi connectivity index (χ4n) is 7.08. The zero-order valence-corrected chi connectivity index (χ0v) is 22.2. The van der Waals surface area contributed by atoms with Gasteiger partial charge in [0.15, 0.2) is 0 Å². The number of aryl methyl sites for hydroxylation is 2. The van der Waals surface area contributed by atoms with E-state index in [0.29, 0.717) is 12.2 Å². The van der Waals surface area contributed by atoms with E-state index >= 15 is 0 Å². The van der Waals surface area contributed by atoms with Crippen molar-refractivity contribution in [2.75, 3.05) is 5.32 Å². The molecule has 4 nitrogen and oxygen atoms in total. The molecule has 0 aromatic heterocycles. The van der Waals surface area contributed by atoms with Gasteiger partial charge in [-0.25, -0.2) is 0 Å². The molecular formula is C36H27NO3. The van der Waals surface area contributed by atoms with Gasteiger partial charge in [-0.3, -0.25) is 0 Å². The van der Waals surface area contributed by atoms with E-state index in [1.165, 1.54) is 0 Å². The van der Waals surface area contributed by atoms with Crippen molar-refractivity contribution in [2.45, 2.75) is 25.7 Å². The van der Waals surface area contributed by atoms with E-state index in [2.05, 4.69) is 85.0 Å². The molecule has 0 saturated heterocycles. The monoisotopic (exact) mass is 521 g/mol. The second-order valence-corrected chi connectivity index (χ2v) is 10.8. The predicted molar refractivity (Wildman–Crippen MR) is 161 cm³/mol. The summed E-state index contributed by atoms with van der Waals surface area (Å²) in [6, 6.07) is 33.1. The van der Waals surface area contributed by atoms with Crippen molar-refractivity contribution in [1.82, 2.24) is 0 Å². The highest BCUT2D eigenvalue weighted by Gasteiger charge is 2.50. The average molecular weight is 522 g/mol. The molecule has 2 aliphatic rings. The molecule has 0 bridgehead atoms. The van der Waals surface area contributed by atoms with Crippen LogP contribution in [0.15, 0.2) is 97.1 Å². The number of ether oxygens (including phenoxy) is 1. The van der Waals surface area contributed by atoms with Crippen LogP contribution in [-0.4, -0.2) is 10.2 Å². The van der Waals surface area contributed by atoms with E-state index in [1.807, 2.05) is 19.1 Å². The summed E-state index contributed by atoms with van der Waals surface area (Å²) in [7, 11) is 0. The van der Waals surface area contributed by atoms with Crippen LogP contribution >= 0.6 is 0 Å². The zero-order valence-electron chi connectivity index (χ0n) is 22.2. The quantitative estimate of drug-likeness (QED) is 0.202. The first kappa shape index (κ1) is 23.0. The molecule has 0 aliphatic carbocycles. The summed E-state index contributed by atoms with van der Waals surface area (Å²) in [6.07, 6.45) is 0.709. The molecule has 2 aliphatic heterocycles. The first-order valence-corrected chi connectivity index (χ1v) is 13.7. The van der Waals surface area contributed by atoms with Crippen LogP contribution in [0, 0.1) is 6.92 Å². The fraction of sp³-hybridized carbons (Fsp3) is 0.111. The Balaban J connectivity index is 1.61.